The summed E-state index contributed by atoms with van der Waals surface area (Å²) in [4.78, 5) is 26.2. The summed E-state index contributed by atoms with van der Waals surface area (Å²) in [7, 11) is 0. The highest BCUT2D eigenvalue weighted by atomic mass is 79.9. The Morgan fingerprint density at radius 2 is 1.86 bits per heavy atom. The van der Waals surface area contributed by atoms with Gasteiger partial charge in [-0.15, -0.1) is 0 Å². The van der Waals surface area contributed by atoms with Crippen LogP contribution in [0, 0.1) is 23.6 Å². The van der Waals surface area contributed by atoms with Gasteiger partial charge in [-0.2, -0.15) is 0 Å². The number of imide groups is 1. The van der Waals surface area contributed by atoms with E-state index in [1.165, 1.54) is 11.0 Å². The first-order chi connectivity index (χ1) is 10.0. The lowest BCUT2D eigenvalue weighted by Crippen LogP contribution is -2.32. The minimum Gasteiger partial charge on any atom is -0.278 e. The predicted molar refractivity (Wildman–Crippen MR) is 79.7 cm³/mol. The molecule has 2 atom stereocenters. The number of hydrogen-bond acceptors (Lipinski definition) is 2. The molecule has 21 heavy (non-hydrogen) atoms. The van der Waals surface area contributed by atoms with Crippen molar-refractivity contribution in [2.24, 2.45) is 17.8 Å². The first kappa shape index (κ1) is 14.7. The molecule has 0 spiro atoms. The van der Waals surface area contributed by atoms with Crippen molar-refractivity contribution in [2.45, 2.75) is 32.7 Å². The summed E-state index contributed by atoms with van der Waals surface area (Å²) in [6.07, 6.45) is 2.64. The lowest BCUT2D eigenvalue weighted by atomic mass is 10.00. The Balaban J connectivity index is 1.81. The molecule has 1 aliphatic heterocycles. The quantitative estimate of drug-likeness (QED) is 0.779. The molecule has 0 aromatic heterocycles. The summed E-state index contributed by atoms with van der Waals surface area (Å²) >= 11 is 3.19. The van der Waals surface area contributed by atoms with Crippen molar-refractivity contribution < 1.29 is 14.0 Å². The number of hydrogen-bond donors (Lipinski definition) is 0. The molecule has 1 aliphatic carbocycles. The van der Waals surface area contributed by atoms with Crippen molar-refractivity contribution in [1.29, 1.82) is 0 Å². The van der Waals surface area contributed by atoms with Crippen LogP contribution in [0.2, 0.25) is 0 Å². The Labute approximate surface area is 131 Å². The molecule has 2 fully saturated rings. The van der Waals surface area contributed by atoms with E-state index in [-0.39, 0.29) is 36.0 Å². The van der Waals surface area contributed by atoms with Gasteiger partial charge in [-0.3, -0.25) is 14.5 Å². The second kappa shape index (κ2) is 5.52. The largest absolute Gasteiger partial charge is 0.278 e. The summed E-state index contributed by atoms with van der Waals surface area (Å²) in [6.45, 7) is 2.25. The van der Waals surface area contributed by atoms with Crippen LogP contribution in [0.25, 0.3) is 0 Å². The minimum atomic E-state index is -0.377. The summed E-state index contributed by atoms with van der Waals surface area (Å²) in [5, 5.41) is 0. The highest BCUT2D eigenvalue weighted by Crippen LogP contribution is 2.44. The van der Waals surface area contributed by atoms with Crippen LogP contribution in [0.1, 0.15) is 31.7 Å². The second-order valence-corrected chi connectivity index (χ2v) is 6.73. The highest BCUT2D eigenvalue weighted by molar-refractivity contribution is 9.10. The summed E-state index contributed by atoms with van der Waals surface area (Å²) in [6, 6.07) is 4.67. The Morgan fingerprint density at radius 1 is 1.24 bits per heavy atom. The fourth-order valence-corrected chi connectivity index (χ4v) is 3.92. The van der Waals surface area contributed by atoms with Gasteiger partial charge in [-0.25, -0.2) is 4.39 Å². The van der Waals surface area contributed by atoms with Crippen LogP contribution in [0.4, 0.5) is 4.39 Å². The first-order valence-corrected chi connectivity index (χ1v) is 8.10. The van der Waals surface area contributed by atoms with Crippen LogP contribution in [0.5, 0.6) is 0 Å². The number of rotatable bonds is 3. The van der Waals surface area contributed by atoms with Crippen molar-refractivity contribution in [3.05, 3.63) is 34.1 Å². The van der Waals surface area contributed by atoms with E-state index in [1.807, 2.05) is 0 Å². The van der Waals surface area contributed by atoms with Gasteiger partial charge in [0.2, 0.25) is 11.8 Å². The molecule has 112 valence electrons. The molecule has 1 aromatic rings. The van der Waals surface area contributed by atoms with E-state index >= 15 is 0 Å². The minimum absolute atomic E-state index is 0.0860. The van der Waals surface area contributed by atoms with Gasteiger partial charge < -0.3 is 0 Å². The van der Waals surface area contributed by atoms with Gasteiger partial charge >= 0.3 is 0 Å². The lowest BCUT2D eigenvalue weighted by Gasteiger charge is -2.18. The van der Waals surface area contributed by atoms with E-state index in [0.29, 0.717) is 16.0 Å². The zero-order chi connectivity index (χ0) is 15.1. The summed E-state index contributed by atoms with van der Waals surface area (Å²) in [5.41, 5.74) is 0.628. The van der Waals surface area contributed by atoms with Gasteiger partial charge in [-0.05, 0) is 46.3 Å². The number of halogens is 2. The number of fused-ring (bicyclic) bond motifs is 1. The monoisotopic (exact) mass is 353 g/mol. The second-order valence-electron chi connectivity index (χ2n) is 5.93. The van der Waals surface area contributed by atoms with Gasteiger partial charge in [0.1, 0.15) is 5.82 Å². The van der Waals surface area contributed by atoms with Crippen molar-refractivity contribution in [2.75, 3.05) is 0 Å². The molecule has 0 radical (unpaired) electrons. The predicted octanol–water partition coefficient (Wildman–Crippen LogP) is 3.51. The molecule has 3 nitrogen and oxygen atoms in total. The fourth-order valence-electron chi connectivity index (χ4n) is 3.53. The van der Waals surface area contributed by atoms with Crippen molar-refractivity contribution >= 4 is 27.7 Å². The molecule has 0 bridgehead atoms. The lowest BCUT2D eigenvalue weighted by molar-refractivity contribution is -0.141. The topological polar surface area (TPSA) is 37.4 Å². The number of carbonyl (C=O) groups is 2. The van der Waals surface area contributed by atoms with Crippen molar-refractivity contribution in [3.8, 4) is 0 Å². The van der Waals surface area contributed by atoms with E-state index in [2.05, 4.69) is 22.9 Å². The SMILES string of the molecule is CCC1CC2C(=O)N(Cc3cccc(F)c3Br)C(=O)C2C1. The molecular formula is C16H17BrFNO2. The van der Waals surface area contributed by atoms with Crippen molar-refractivity contribution in [3.63, 3.8) is 0 Å². The van der Waals surface area contributed by atoms with Crippen molar-refractivity contribution in [1.82, 2.24) is 4.90 Å². The summed E-state index contributed by atoms with van der Waals surface area (Å²) < 4.78 is 13.9. The van der Waals surface area contributed by atoms with Crippen LogP contribution in [-0.4, -0.2) is 16.7 Å². The normalized spacial score (nSPS) is 28.3. The average Bonchev–Trinajstić information content (AvgIpc) is 2.99. The van der Waals surface area contributed by atoms with Gasteiger partial charge in [0.15, 0.2) is 0 Å². The zero-order valence-electron chi connectivity index (χ0n) is 11.8. The van der Waals surface area contributed by atoms with Gasteiger partial charge in [0.25, 0.3) is 0 Å². The smallest absolute Gasteiger partial charge is 0.233 e. The molecule has 2 aliphatic rings. The summed E-state index contributed by atoms with van der Waals surface area (Å²) in [5.74, 6) is -0.382. The molecule has 0 N–H and O–H groups in total. The number of likely N-dealkylation sites (tertiary alicyclic amines) is 1. The van der Waals surface area contributed by atoms with Crippen LogP contribution in [0.15, 0.2) is 22.7 Å². The van der Waals surface area contributed by atoms with Crippen LogP contribution >= 0.6 is 15.9 Å². The maximum Gasteiger partial charge on any atom is 0.233 e. The molecular weight excluding hydrogens is 337 g/mol. The van der Waals surface area contributed by atoms with E-state index < -0.39 is 0 Å². The standard InChI is InChI=1S/C16H17BrFNO2/c1-2-9-6-11-12(7-9)16(21)19(15(11)20)8-10-4-3-5-13(18)14(10)17/h3-5,9,11-12H,2,6-8H2,1H3. The van der Waals surface area contributed by atoms with Gasteiger partial charge in [-0.1, -0.05) is 25.5 Å². The van der Waals surface area contributed by atoms with E-state index in [4.69, 9.17) is 0 Å². The Morgan fingerprint density at radius 3 is 2.43 bits per heavy atom. The van der Waals surface area contributed by atoms with Crippen LogP contribution < -0.4 is 0 Å². The molecule has 1 heterocycles. The Kier molecular flexibility index (Phi) is 3.86. The Hall–Kier alpha value is -1.23. The Bertz CT molecular complexity index is 580. The highest BCUT2D eigenvalue weighted by Gasteiger charge is 2.52. The molecule has 2 unspecified atom stereocenters. The number of carbonyl (C=O) groups excluding carboxylic acids is 2. The average molecular weight is 354 g/mol. The van der Waals surface area contributed by atoms with E-state index in [0.717, 1.165) is 19.3 Å². The molecule has 1 saturated carbocycles. The van der Waals surface area contributed by atoms with Gasteiger partial charge in [0.05, 0.1) is 22.9 Å². The van der Waals surface area contributed by atoms with Crippen LogP contribution in [-0.2, 0) is 16.1 Å². The third-order valence-corrected chi connectivity index (χ3v) is 5.65. The molecule has 3 rings (SSSR count). The first-order valence-electron chi connectivity index (χ1n) is 7.31. The molecule has 5 heteroatoms. The molecule has 2 amide bonds. The van der Waals surface area contributed by atoms with Gasteiger partial charge in [0, 0.05) is 0 Å². The third kappa shape index (κ3) is 2.41. The maximum absolute atomic E-state index is 13.5. The van der Waals surface area contributed by atoms with E-state index in [9.17, 15) is 14.0 Å². The number of nitrogens with zero attached hydrogens (tertiary/aromatic N) is 1. The molecule has 1 aromatic carbocycles. The number of amides is 2. The van der Waals surface area contributed by atoms with E-state index in [1.54, 1.807) is 12.1 Å². The fraction of sp³-hybridized carbons (Fsp3) is 0.500. The maximum atomic E-state index is 13.5. The number of benzene rings is 1. The third-order valence-electron chi connectivity index (χ3n) is 4.76. The molecule has 1 saturated heterocycles. The zero-order valence-corrected chi connectivity index (χ0v) is 13.4. The van der Waals surface area contributed by atoms with Crippen LogP contribution in [0.3, 0.4) is 0 Å².